The van der Waals surface area contributed by atoms with Crippen LogP contribution in [0.15, 0.2) is 50.1 Å². The van der Waals surface area contributed by atoms with Crippen LogP contribution >= 0.6 is 0 Å². The third-order valence-corrected chi connectivity index (χ3v) is 0.494. The summed E-state index contributed by atoms with van der Waals surface area (Å²) in [6.07, 6.45) is 9.02. The first-order chi connectivity index (χ1) is 4.41. The van der Waals surface area contributed by atoms with Crippen LogP contribution < -0.4 is 0 Å². The van der Waals surface area contributed by atoms with Gasteiger partial charge in [-0.1, -0.05) is 37.0 Å². The molecule has 0 aliphatic rings. The quantitative estimate of drug-likeness (QED) is 0.389. The molecule has 1 radical (unpaired) electrons. The highest BCUT2D eigenvalue weighted by Crippen LogP contribution is 1.74. The fraction of sp³-hybridized carbons (Fsp3) is 0. The van der Waals surface area contributed by atoms with E-state index in [9.17, 15) is 0 Å². The van der Waals surface area contributed by atoms with Gasteiger partial charge in [0.15, 0.2) is 0 Å². The van der Waals surface area contributed by atoms with E-state index >= 15 is 0 Å². The van der Waals surface area contributed by atoms with E-state index in [2.05, 4.69) is 26.7 Å². The molecule has 0 aliphatic carbocycles. The van der Waals surface area contributed by atoms with Gasteiger partial charge in [0.1, 0.15) is 0 Å². The van der Waals surface area contributed by atoms with Crippen molar-refractivity contribution in [3.05, 3.63) is 57.0 Å². The van der Waals surface area contributed by atoms with Crippen molar-refractivity contribution in [2.45, 2.75) is 0 Å². The third-order valence-electron chi connectivity index (χ3n) is 0.494. The van der Waals surface area contributed by atoms with Gasteiger partial charge >= 0.3 is 0 Å². The Hall–Kier alpha value is -1.04. The zero-order valence-corrected chi connectivity index (χ0v) is 5.72. The Bertz CT molecular complexity index is 96.6. The van der Waals surface area contributed by atoms with E-state index in [4.69, 9.17) is 0 Å². The predicted octanol–water partition coefficient (Wildman–Crippen LogP) is 2.92. The Morgan fingerprint density at radius 2 is 1.44 bits per heavy atom. The van der Waals surface area contributed by atoms with Crippen LogP contribution in [0.2, 0.25) is 0 Å². The van der Waals surface area contributed by atoms with Crippen molar-refractivity contribution < 1.29 is 0 Å². The van der Waals surface area contributed by atoms with E-state index < -0.39 is 0 Å². The van der Waals surface area contributed by atoms with Crippen molar-refractivity contribution in [2.24, 2.45) is 0 Å². The summed E-state index contributed by atoms with van der Waals surface area (Å²) in [5.41, 5.74) is 0. The van der Waals surface area contributed by atoms with Crippen molar-refractivity contribution in [3.63, 3.8) is 0 Å². The third kappa shape index (κ3) is 19.5. The first-order valence-corrected chi connectivity index (χ1v) is 2.65. The Morgan fingerprint density at radius 1 is 0.889 bits per heavy atom. The number of hydrogen-bond donors (Lipinski definition) is 0. The Morgan fingerprint density at radius 3 is 1.78 bits per heavy atom. The molecule has 49 valence electrons. The van der Waals surface area contributed by atoms with Crippen LogP contribution in [0.3, 0.4) is 0 Å². The summed E-state index contributed by atoms with van der Waals surface area (Å²) in [5, 5.41) is 0. The summed E-state index contributed by atoms with van der Waals surface area (Å²) < 4.78 is 0. The standard InChI is InChI=1S/C7H9.C2H4/c1-3-5-7-6-4-2;1-2/h3-7H,1-2H2;1-2H2/b5-3-,7-6-;. The van der Waals surface area contributed by atoms with E-state index in [0.29, 0.717) is 0 Å². The van der Waals surface area contributed by atoms with Crippen molar-refractivity contribution in [2.75, 3.05) is 0 Å². The van der Waals surface area contributed by atoms with Crippen molar-refractivity contribution >= 4 is 0 Å². The molecule has 0 heterocycles. The van der Waals surface area contributed by atoms with E-state index in [1.54, 1.807) is 12.2 Å². The van der Waals surface area contributed by atoms with Crippen LogP contribution in [0, 0.1) is 6.92 Å². The van der Waals surface area contributed by atoms with E-state index in [0.717, 1.165) is 0 Å². The number of rotatable bonds is 2. The zero-order valence-electron chi connectivity index (χ0n) is 5.72. The maximum atomic E-state index is 3.49. The Labute approximate surface area is 57.9 Å². The highest BCUT2D eigenvalue weighted by molar-refractivity contribution is 5.09. The van der Waals surface area contributed by atoms with Crippen LogP contribution in [0.4, 0.5) is 0 Å². The molecule has 0 amide bonds. The highest BCUT2D eigenvalue weighted by atomic mass is 13.6. The lowest BCUT2D eigenvalue weighted by atomic mass is 10.4. The summed E-state index contributed by atoms with van der Waals surface area (Å²) in [6.45, 7) is 13.0. The molecule has 0 aromatic carbocycles. The lowest BCUT2D eigenvalue weighted by molar-refractivity contribution is 1.91. The molecule has 9 heavy (non-hydrogen) atoms. The molecule has 0 atom stereocenters. The van der Waals surface area contributed by atoms with Gasteiger partial charge in [-0.25, -0.2) is 0 Å². The monoisotopic (exact) mass is 121 g/mol. The second-order valence-corrected chi connectivity index (χ2v) is 1.05. The van der Waals surface area contributed by atoms with Crippen LogP contribution in [0.25, 0.3) is 0 Å². The molecule has 0 N–H and O–H groups in total. The smallest absolute Gasteiger partial charge is 0.0313 e. The van der Waals surface area contributed by atoms with Gasteiger partial charge < -0.3 is 0 Å². The van der Waals surface area contributed by atoms with Gasteiger partial charge in [-0.05, 0) is 6.92 Å². The molecule has 0 saturated carbocycles. The minimum Gasteiger partial charge on any atom is -0.106 e. The molecular weight excluding hydrogens is 108 g/mol. The molecule has 0 aromatic heterocycles. The molecule has 0 spiro atoms. The molecule has 0 aliphatic heterocycles. The predicted molar refractivity (Wildman–Crippen MR) is 45.1 cm³/mol. The fourth-order valence-corrected chi connectivity index (χ4v) is 0.221. The summed E-state index contributed by atoms with van der Waals surface area (Å²) in [4.78, 5) is 0. The summed E-state index contributed by atoms with van der Waals surface area (Å²) >= 11 is 0. The minimum atomic E-state index is 1.72. The maximum absolute atomic E-state index is 3.49. The molecular formula is C9H13. The van der Waals surface area contributed by atoms with Crippen LogP contribution in [0.5, 0.6) is 0 Å². The van der Waals surface area contributed by atoms with Crippen molar-refractivity contribution in [1.82, 2.24) is 0 Å². The van der Waals surface area contributed by atoms with E-state index in [1.807, 2.05) is 18.2 Å². The SMILES string of the molecule is C=C.[CH2]/C=C\C=C/C=C. The zero-order chi connectivity index (χ0) is 7.54. The van der Waals surface area contributed by atoms with Gasteiger partial charge in [-0.15, -0.1) is 13.2 Å². The molecule has 0 nitrogen and oxygen atoms in total. The van der Waals surface area contributed by atoms with Crippen molar-refractivity contribution in [3.8, 4) is 0 Å². The lowest BCUT2D eigenvalue weighted by Crippen LogP contribution is -1.43. The van der Waals surface area contributed by atoms with Crippen molar-refractivity contribution in [1.29, 1.82) is 0 Å². The van der Waals surface area contributed by atoms with Crippen LogP contribution in [0.1, 0.15) is 0 Å². The molecule has 0 unspecified atom stereocenters. The van der Waals surface area contributed by atoms with E-state index in [-0.39, 0.29) is 0 Å². The second-order valence-electron chi connectivity index (χ2n) is 1.05. The van der Waals surface area contributed by atoms with Crippen LogP contribution in [-0.4, -0.2) is 0 Å². The highest BCUT2D eigenvalue weighted by Gasteiger charge is 1.52. The Balaban J connectivity index is 0. The fourth-order valence-electron chi connectivity index (χ4n) is 0.221. The van der Waals surface area contributed by atoms with Gasteiger partial charge in [0.05, 0.1) is 0 Å². The second kappa shape index (κ2) is 15.8. The molecule has 0 heteroatoms. The summed E-state index contributed by atoms with van der Waals surface area (Å²) in [7, 11) is 0. The van der Waals surface area contributed by atoms with E-state index in [1.165, 1.54) is 0 Å². The van der Waals surface area contributed by atoms with Gasteiger partial charge in [0.2, 0.25) is 0 Å². The average Bonchev–Trinajstić information content (AvgIpc) is 1.94. The first-order valence-electron chi connectivity index (χ1n) is 2.65. The summed E-state index contributed by atoms with van der Waals surface area (Å²) in [5.74, 6) is 0. The molecule has 0 fully saturated rings. The molecule has 0 rings (SSSR count). The minimum absolute atomic E-state index is 1.72. The molecule has 0 bridgehead atoms. The van der Waals surface area contributed by atoms with Gasteiger partial charge in [0, 0.05) is 0 Å². The number of hydrogen-bond acceptors (Lipinski definition) is 0. The molecule has 0 saturated heterocycles. The molecule has 0 aromatic rings. The number of allylic oxidation sites excluding steroid dienone is 5. The van der Waals surface area contributed by atoms with Gasteiger partial charge in [-0.3, -0.25) is 0 Å². The normalized spacial score (nSPS) is 9.00. The summed E-state index contributed by atoms with van der Waals surface area (Å²) in [6, 6.07) is 0. The average molecular weight is 121 g/mol. The van der Waals surface area contributed by atoms with Gasteiger partial charge in [0.25, 0.3) is 0 Å². The van der Waals surface area contributed by atoms with Gasteiger partial charge in [-0.2, -0.15) is 0 Å². The Kier molecular flexibility index (Phi) is 19.0. The lowest BCUT2D eigenvalue weighted by Gasteiger charge is -1.65. The topological polar surface area (TPSA) is 0 Å². The maximum Gasteiger partial charge on any atom is -0.0313 e. The van der Waals surface area contributed by atoms with Crippen LogP contribution in [-0.2, 0) is 0 Å². The first kappa shape index (κ1) is 10.9. The largest absolute Gasteiger partial charge is 0.106 e.